The number of piperidine rings is 1. The van der Waals surface area contributed by atoms with Gasteiger partial charge in [-0.3, -0.25) is 14.7 Å². The standard InChI is InChI=1S/C35H30N8O/c36-33(44)26-13-17-40(18-14-26)22-24-9-11-28(12-10-24)43-35-29-20-27(25-6-2-1-3-7-25)21-37-30(29)15-19-42(35)34(39-43)31-23-41-16-5-4-8-32(41)38-31/h1-12,15-16,19-21,23,26H,13-14,17-18,22H2,(H-,36,44)/p+1. The van der Waals surface area contributed by atoms with Gasteiger partial charge in [-0.2, -0.15) is 4.40 Å². The molecule has 44 heavy (non-hydrogen) atoms. The molecule has 0 atom stereocenters. The van der Waals surface area contributed by atoms with Crippen LogP contribution in [0.5, 0.6) is 0 Å². The van der Waals surface area contributed by atoms with Crippen molar-refractivity contribution in [1.29, 1.82) is 0 Å². The van der Waals surface area contributed by atoms with Gasteiger partial charge in [-0.25, -0.2) is 4.98 Å². The van der Waals surface area contributed by atoms with Gasteiger partial charge in [-0.1, -0.05) is 53.2 Å². The van der Waals surface area contributed by atoms with Crippen molar-refractivity contribution >= 4 is 28.1 Å². The zero-order chi connectivity index (χ0) is 29.6. The number of carbonyl (C=O) groups is 1. The van der Waals surface area contributed by atoms with Crippen LogP contribution < -0.4 is 10.1 Å². The average Bonchev–Trinajstić information content (AvgIpc) is 3.68. The number of pyridine rings is 3. The molecule has 9 heteroatoms. The Hall–Kier alpha value is -5.41. The van der Waals surface area contributed by atoms with E-state index in [2.05, 4.69) is 51.8 Å². The monoisotopic (exact) mass is 579 g/mol. The molecule has 0 radical (unpaired) electrons. The molecule has 1 aliphatic heterocycles. The maximum Gasteiger partial charge on any atom is 0.334 e. The molecule has 0 unspecified atom stereocenters. The van der Waals surface area contributed by atoms with Crippen LogP contribution in [0.15, 0.2) is 110 Å². The molecule has 1 aliphatic rings. The number of rotatable bonds is 6. The van der Waals surface area contributed by atoms with Gasteiger partial charge >= 0.3 is 5.82 Å². The Morgan fingerprint density at radius 3 is 2.50 bits per heavy atom. The van der Waals surface area contributed by atoms with E-state index in [9.17, 15) is 4.79 Å². The second-order valence-electron chi connectivity index (χ2n) is 11.5. The third-order valence-corrected chi connectivity index (χ3v) is 8.67. The summed E-state index contributed by atoms with van der Waals surface area (Å²) in [6.07, 6.45) is 9.61. The predicted molar refractivity (Wildman–Crippen MR) is 169 cm³/mol. The second-order valence-corrected chi connectivity index (χ2v) is 11.5. The zero-order valence-electron chi connectivity index (χ0n) is 24.1. The fourth-order valence-corrected chi connectivity index (χ4v) is 6.27. The molecule has 9 nitrogen and oxygen atoms in total. The Morgan fingerprint density at radius 2 is 1.73 bits per heavy atom. The molecule has 1 saturated heterocycles. The summed E-state index contributed by atoms with van der Waals surface area (Å²) in [7, 11) is 0. The number of fused-ring (bicyclic) bond motifs is 4. The molecule has 0 spiro atoms. The van der Waals surface area contributed by atoms with Crippen LogP contribution in [-0.2, 0) is 11.3 Å². The second kappa shape index (κ2) is 10.7. The van der Waals surface area contributed by atoms with Crippen molar-refractivity contribution in [2.24, 2.45) is 11.7 Å². The summed E-state index contributed by atoms with van der Waals surface area (Å²) in [5.41, 5.74) is 13.3. The van der Waals surface area contributed by atoms with Crippen LogP contribution in [0.4, 0.5) is 0 Å². The van der Waals surface area contributed by atoms with E-state index < -0.39 is 0 Å². The lowest BCUT2D eigenvalue weighted by atomic mass is 9.96. The van der Waals surface area contributed by atoms with Gasteiger partial charge < -0.3 is 10.1 Å². The van der Waals surface area contributed by atoms with Crippen LogP contribution in [0.1, 0.15) is 18.4 Å². The maximum absolute atomic E-state index is 11.6. The van der Waals surface area contributed by atoms with Crippen molar-refractivity contribution in [3.8, 4) is 28.3 Å². The van der Waals surface area contributed by atoms with E-state index in [4.69, 9.17) is 20.8 Å². The van der Waals surface area contributed by atoms with Crippen LogP contribution >= 0.6 is 0 Å². The normalized spacial score (nSPS) is 14.5. The van der Waals surface area contributed by atoms with Crippen molar-refractivity contribution in [2.75, 3.05) is 13.1 Å². The highest BCUT2D eigenvalue weighted by Crippen LogP contribution is 2.27. The molecule has 0 aliphatic carbocycles. The van der Waals surface area contributed by atoms with E-state index in [1.807, 2.05) is 76.3 Å². The number of imidazole rings is 1. The average molecular weight is 580 g/mol. The number of benzene rings is 2. The third kappa shape index (κ3) is 4.67. The third-order valence-electron chi connectivity index (χ3n) is 8.67. The maximum atomic E-state index is 11.6. The van der Waals surface area contributed by atoms with Crippen LogP contribution in [0, 0.1) is 5.92 Å². The minimum atomic E-state index is -0.181. The van der Waals surface area contributed by atoms with Crippen molar-refractivity contribution in [3.63, 3.8) is 0 Å². The fraction of sp³-hybridized carbons (Fsp3) is 0.171. The number of nitrogens with zero attached hydrogens (tertiary/aromatic N) is 7. The van der Waals surface area contributed by atoms with Gasteiger partial charge in [0.1, 0.15) is 11.3 Å². The summed E-state index contributed by atoms with van der Waals surface area (Å²) < 4.78 is 6.12. The first-order chi connectivity index (χ1) is 21.6. The van der Waals surface area contributed by atoms with E-state index in [1.165, 1.54) is 5.56 Å². The molecular weight excluding hydrogens is 548 g/mol. The Bertz CT molecular complexity index is 2110. The molecule has 2 aromatic carbocycles. The number of aromatic nitrogens is 6. The molecule has 6 heterocycles. The number of primary amides is 1. The Balaban J connectivity index is 1.23. The molecular formula is C35H31N8O+. The van der Waals surface area contributed by atoms with Crippen LogP contribution in [-0.4, -0.2) is 48.0 Å². The number of hydrogen-bond acceptors (Lipinski definition) is 5. The molecule has 7 aromatic rings. The smallest absolute Gasteiger partial charge is 0.334 e. The highest BCUT2D eigenvalue weighted by atomic mass is 16.1. The predicted octanol–water partition coefficient (Wildman–Crippen LogP) is 4.84. The lowest BCUT2D eigenvalue weighted by Gasteiger charge is -2.30. The number of amides is 1. The van der Waals surface area contributed by atoms with Crippen molar-refractivity contribution in [3.05, 3.63) is 115 Å². The van der Waals surface area contributed by atoms with Crippen LogP contribution in [0.2, 0.25) is 0 Å². The van der Waals surface area contributed by atoms with E-state index in [0.717, 1.165) is 83.0 Å². The molecule has 1 fully saturated rings. The molecule has 8 rings (SSSR count). The number of hydrogen-bond donors (Lipinski definition) is 1. The number of nitrogens with two attached hydrogens (primary N) is 1. The van der Waals surface area contributed by atoms with E-state index >= 15 is 0 Å². The van der Waals surface area contributed by atoms with E-state index in [0.29, 0.717) is 0 Å². The van der Waals surface area contributed by atoms with Crippen molar-refractivity contribution < 1.29 is 9.20 Å². The SMILES string of the molecule is NC(=O)C1CCN(Cc2ccc(-n3nc(-c4cn5ccccc5n4)[n+]4ccc5ncc(-c6ccccc6)cc5c34)cc2)CC1. The van der Waals surface area contributed by atoms with Crippen LogP contribution in [0.25, 0.3) is 50.5 Å². The van der Waals surface area contributed by atoms with Gasteiger partial charge in [0, 0.05) is 36.6 Å². The Morgan fingerprint density at radius 1 is 0.932 bits per heavy atom. The lowest BCUT2D eigenvalue weighted by molar-refractivity contribution is -0.498. The van der Waals surface area contributed by atoms with Crippen molar-refractivity contribution in [1.82, 2.24) is 29.0 Å². The highest BCUT2D eigenvalue weighted by molar-refractivity contribution is 5.93. The first kappa shape index (κ1) is 26.2. The summed E-state index contributed by atoms with van der Waals surface area (Å²) in [6.45, 7) is 2.59. The van der Waals surface area contributed by atoms with Gasteiger partial charge in [0.05, 0.1) is 22.2 Å². The number of likely N-dealkylation sites (tertiary alicyclic amines) is 1. The zero-order valence-corrected chi connectivity index (χ0v) is 24.1. The topological polar surface area (TPSA) is 98.4 Å². The lowest BCUT2D eigenvalue weighted by Crippen LogP contribution is -2.38. The first-order valence-electron chi connectivity index (χ1n) is 14.9. The molecule has 5 aromatic heterocycles. The van der Waals surface area contributed by atoms with E-state index in [1.54, 1.807) is 0 Å². The molecule has 0 saturated carbocycles. The van der Waals surface area contributed by atoms with Gasteiger partial charge in [0.15, 0.2) is 5.69 Å². The summed E-state index contributed by atoms with van der Waals surface area (Å²) in [5, 5.41) is 6.17. The number of carbonyl (C=O) groups excluding carboxylic acids is 1. The summed E-state index contributed by atoms with van der Waals surface area (Å²) >= 11 is 0. The Kier molecular flexibility index (Phi) is 6.38. The summed E-state index contributed by atoms with van der Waals surface area (Å²) in [6, 6.07) is 29.1. The van der Waals surface area contributed by atoms with Gasteiger partial charge in [0.2, 0.25) is 5.91 Å². The van der Waals surface area contributed by atoms with Gasteiger partial charge in [-0.05, 0) is 73.5 Å². The first-order valence-corrected chi connectivity index (χ1v) is 14.9. The molecule has 2 N–H and O–H groups in total. The molecule has 216 valence electrons. The van der Waals surface area contributed by atoms with Crippen molar-refractivity contribution in [2.45, 2.75) is 19.4 Å². The minimum absolute atomic E-state index is 0.00644. The quantitative estimate of drug-likeness (QED) is 0.285. The summed E-state index contributed by atoms with van der Waals surface area (Å²) in [4.78, 5) is 23.7. The molecule has 0 bridgehead atoms. The minimum Gasteiger partial charge on any atom is -0.369 e. The highest BCUT2D eigenvalue weighted by Gasteiger charge is 2.28. The summed E-state index contributed by atoms with van der Waals surface area (Å²) in [5.74, 6) is 0.560. The van der Waals surface area contributed by atoms with Gasteiger partial charge in [0.25, 0.3) is 5.65 Å². The van der Waals surface area contributed by atoms with Crippen LogP contribution in [0.3, 0.4) is 0 Å². The molecule has 1 amide bonds. The largest absolute Gasteiger partial charge is 0.369 e. The van der Waals surface area contributed by atoms with E-state index in [-0.39, 0.29) is 11.8 Å². The fourth-order valence-electron chi connectivity index (χ4n) is 6.27. The Labute approximate surface area is 253 Å². The van der Waals surface area contributed by atoms with Gasteiger partial charge in [-0.15, -0.1) is 0 Å².